The van der Waals surface area contributed by atoms with Crippen LogP contribution in [0.25, 0.3) is 0 Å². The molecule has 2 N–H and O–H groups in total. The zero-order valence-corrected chi connectivity index (χ0v) is 16.9. The summed E-state index contributed by atoms with van der Waals surface area (Å²) >= 11 is 0. The van der Waals surface area contributed by atoms with Crippen molar-refractivity contribution in [1.29, 1.82) is 0 Å². The van der Waals surface area contributed by atoms with Gasteiger partial charge in [0.05, 0.1) is 0 Å². The maximum Gasteiger partial charge on any atom is 0.191 e. The van der Waals surface area contributed by atoms with Crippen molar-refractivity contribution in [2.24, 2.45) is 16.8 Å². The molecular formula is C17H35IN4. The molecule has 0 radical (unpaired) electrons. The quantitative estimate of drug-likeness (QED) is 0.393. The molecule has 1 unspecified atom stereocenters. The van der Waals surface area contributed by atoms with Gasteiger partial charge in [0, 0.05) is 26.2 Å². The Morgan fingerprint density at radius 3 is 2.23 bits per heavy atom. The highest BCUT2D eigenvalue weighted by Crippen LogP contribution is 2.27. The number of nitrogens with one attached hydrogen (secondary N) is 2. The number of nitrogens with zero attached hydrogens (tertiary/aromatic N) is 2. The molecule has 0 spiro atoms. The van der Waals surface area contributed by atoms with Crippen LogP contribution in [0.1, 0.15) is 52.4 Å². The number of aliphatic imine (C=N–C) groups is 1. The third-order valence-corrected chi connectivity index (χ3v) is 4.84. The molecule has 1 aliphatic heterocycles. The van der Waals surface area contributed by atoms with E-state index in [1.54, 1.807) is 0 Å². The maximum atomic E-state index is 4.36. The standard InChI is InChI=1S/C17H34N4.HI/c1-14(2)16(21-10-6-4-5-7-11-21)13-20-17(18-3)19-12-15-8-9-15;/h14-16H,4-13H2,1-3H3,(H2,18,19,20);1H. The number of hydrogen-bond acceptors (Lipinski definition) is 2. The third kappa shape index (κ3) is 7.02. The summed E-state index contributed by atoms with van der Waals surface area (Å²) in [6, 6.07) is 0.613. The van der Waals surface area contributed by atoms with E-state index in [0.29, 0.717) is 12.0 Å². The van der Waals surface area contributed by atoms with Gasteiger partial charge in [0.25, 0.3) is 0 Å². The van der Waals surface area contributed by atoms with Crippen LogP contribution in [0.15, 0.2) is 4.99 Å². The Kier molecular flexibility index (Phi) is 9.71. The molecule has 2 rings (SSSR count). The average Bonchev–Trinajstić information content (AvgIpc) is 3.29. The molecule has 0 aromatic rings. The molecule has 0 aromatic heterocycles. The molecule has 1 heterocycles. The van der Waals surface area contributed by atoms with E-state index in [-0.39, 0.29) is 24.0 Å². The first-order chi connectivity index (χ1) is 10.2. The van der Waals surface area contributed by atoms with Gasteiger partial charge in [-0.1, -0.05) is 26.7 Å². The van der Waals surface area contributed by atoms with Gasteiger partial charge in [-0.05, 0) is 50.6 Å². The van der Waals surface area contributed by atoms with E-state index in [1.165, 1.54) is 51.6 Å². The van der Waals surface area contributed by atoms with E-state index in [4.69, 9.17) is 0 Å². The van der Waals surface area contributed by atoms with Crippen molar-refractivity contribution in [3.05, 3.63) is 0 Å². The summed E-state index contributed by atoms with van der Waals surface area (Å²) in [6.07, 6.45) is 8.28. The van der Waals surface area contributed by atoms with Gasteiger partial charge >= 0.3 is 0 Å². The molecule has 1 saturated carbocycles. The van der Waals surface area contributed by atoms with Crippen molar-refractivity contribution in [3.63, 3.8) is 0 Å². The lowest BCUT2D eigenvalue weighted by Gasteiger charge is -2.34. The normalized spacial score (nSPS) is 21.9. The van der Waals surface area contributed by atoms with Crippen LogP contribution in [0, 0.1) is 11.8 Å². The van der Waals surface area contributed by atoms with Crippen molar-refractivity contribution < 1.29 is 0 Å². The van der Waals surface area contributed by atoms with E-state index in [9.17, 15) is 0 Å². The van der Waals surface area contributed by atoms with Crippen molar-refractivity contribution >= 4 is 29.9 Å². The molecule has 0 bridgehead atoms. The Bertz CT molecular complexity index is 321. The Balaban J connectivity index is 0.00000242. The molecule has 22 heavy (non-hydrogen) atoms. The molecule has 2 aliphatic rings. The average molecular weight is 422 g/mol. The molecule has 1 atom stereocenters. The highest BCUT2D eigenvalue weighted by Gasteiger charge is 2.24. The minimum Gasteiger partial charge on any atom is -0.356 e. The van der Waals surface area contributed by atoms with Crippen molar-refractivity contribution in [3.8, 4) is 0 Å². The van der Waals surface area contributed by atoms with Crippen LogP contribution in [0.2, 0.25) is 0 Å². The highest BCUT2D eigenvalue weighted by atomic mass is 127. The van der Waals surface area contributed by atoms with E-state index in [1.807, 2.05) is 7.05 Å². The van der Waals surface area contributed by atoms with Gasteiger partial charge < -0.3 is 10.6 Å². The predicted molar refractivity (Wildman–Crippen MR) is 106 cm³/mol. The summed E-state index contributed by atoms with van der Waals surface area (Å²) in [7, 11) is 1.87. The molecule has 5 heteroatoms. The fraction of sp³-hybridized carbons (Fsp3) is 0.941. The minimum absolute atomic E-state index is 0. The van der Waals surface area contributed by atoms with Crippen LogP contribution >= 0.6 is 24.0 Å². The lowest BCUT2D eigenvalue weighted by molar-refractivity contribution is 0.161. The lowest BCUT2D eigenvalue weighted by Crippen LogP contribution is -2.50. The molecule has 0 aromatic carbocycles. The number of likely N-dealkylation sites (tertiary alicyclic amines) is 1. The zero-order chi connectivity index (χ0) is 15.1. The number of halogens is 1. The maximum absolute atomic E-state index is 4.36. The zero-order valence-electron chi connectivity index (χ0n) is 14.6. The molecule has 2 fully saturated rings. The van der Waals surface area contributed by atoms with E-state index in [0.717, 1.165) is 25.0 Å². The van der Waals surface area contributed by atoms with Gasteiger partial charge in [-0.2, -0.15) is 0 Å². The Morgan fingerprint density at radius 1 is 1.09 bits per heavy atom. The second kappa shape index (κ2) is 10.7. The van der Waals surface area contributed by atoms with Crippen LogP contribution in [0.3, 0.4) is 0 Å². The first-order valence-corrected chi connectivity index (χ1v) is 8.89. The second-order valence-electron chi connectivity index (χ2n) is 7.04. The number of hydrogen-bond donors (Lipinski definition) is 2. The predicted octanol–water partition coefficient (Wildman–Crippen LogP) is 3.08. The lowest BCUT2D eigenvalue weighted by atomic mass is 10.0. The minimum atomic E-state index is 0. The SMILES string of the molecule is CN=C(NCC1CC1)NCC(C(C)C)N1CCCCCC1.I. The van der Waals surface area contributed by atoms with Crippen LogP contribution < -0.4 is 10.6 Å². The molecule has 1 aliphatic carbocycles. The molecular weight excluding hydrogens is 387 g/mol. The van der Waals surface area contributed by atoms with Gasteiger partial charge in [0.2, 0.25) is 0 Å². The monoisotopic (exact) mass is 422 g/mol. The van der Waals surface area contributed by atoms with Gasteiger partial charge in [-0.3, -0.25) is 9.89 Å². The summed E-state index contributed by atoms with van der Waals surface area (Å²) in [5, 5.41) is 7.01. The molecule has 4 nitrogen and oxygen atoms in total. The summed E-state index contributed by atoms with van der Waals surface area (Å²) in [5.74, 6) is 2.54. The topological polar surface area (TPSA) is 39.7 Å². The largest absolute Gasteiger partial charge is 0.356 e. The number of rotatable bonds is 6. The van der Waals surface area contributed by atoms with Crippen molar-refractivity contribution in [2.75, 3.05) is 33.2 Å². The van der Waals surface area contributed by atoms with E-state index >= 15 is 0 Å². The third-order valence-electron chi connectivity index (χ3n) is 4.84. The Labute approximate surface area is 153 Å². The van der Waals surface area contributed by atoms with Gasteiger partial charge in [-0.25, -0.2) is 0 Å². The van der Waals surface area contributed by atoms with Crippen molar-refractivity contribution in [1.82, 2.24) is 15.5 Å². The Hall–Kier alpha value is -0.0400. The van der Waals surface area contributed by atoms with Gasteiger partial charge in [0.15, 0.2) is 5.96 Å². The number of guanidine groups is 1. The van der Waals surface area contributed by atoms with E-state index < -0.39 is 0 Å². The van der Waals surface area contributed by atoms with Crippen LogP contribution in [-0.4, -0.2) is 50.1 Å². The van der Waals surface area contributed by atoms with Crippen LogP contribution in [-0.2, 0) is 0 Å². The summed E-state index contributed by atoms with van der Waals surface area (Å²) < 4.78 is 0. The molecule has 1 saturated heterocycles. The van der Waals surface area contributed by atoms with Crippen molar-refractivity contribution in [2.45, 2.75) is 58.4 Å². The summed E-state index contributed by atoms with van der Waals surface area (Å²) in [6.45, 7) is 9.30. The van der Waals surface area contributed by atoms with Crippen LogP contribution in [0.5, 0.6) is 0 Å². The van der Waals surface area contributed by atoms with Crippen LogP contribution in [0.4, 0.5) is 0 Å². The Morgan fingerprint density at radius 2 is 1.73 bits per heavy atom. The highest BCUT2D eigenvalue weighted by molar-refractivity contribution is 14.0. The summed E-state index contributed by atoms with van der Waals surface area (Å²) in [5.41, 5.74) is 0. The van der Waals surface area contributed by atoms with Gasteiger partial charge in [-0.15, -0.1) is 24.0 Å². The smallest absolute Gasteiger partial charge is 0.191 e. The second-order valence-corrected chi connectivity index (χ2v) is 7.04. The van der Waals surface area contributed by atoms with Gasteiger partial charge in [0.1, 0.15) is 0 Å². The van der Waals surface area contributed by atoms with E-state index in [2.05, 4.69) is 34.4 Å². The summed E-state index contributed by atoms with van der Waals surface area (Å²) in [4.78, 5) is 7.05. The molecule has 0 amide bonds. The fourth-order valence-electron chi connectivity index (χ4n) is 3.20. The molecule has 130 valence electrons. The fourth-order valence-corrected chi connectivity index (χ4v) is 3.20. The first kappa shape index (κ1) is 20.0. The first-order valence-electron chi connectivity index (χ1n) is 8.89.